The Balaban J connectivity index is 2.04. The molecule has 1 heterocycles. The van der Waals surface area contributed by atoms with Crippen molar-refractivity contribution in [2.45, 2.75) is 98.4 Å². The predicted octanol–water partition coefficient (Wildman–Crippen LogP) is 8.34. The number of pyridine rings is 1. The number of aromatic nitrogens is 1. The normalized spacial score (nSPS) is 11.8. The molecule has 0 N–H and O–H groups in total. The number of unbranched alkanes of at least 4 members (excludes halogenated alkanes) is 8. The van der Waals surface area contributed by atoms with Crippen LogP contribution in [-0.4, -0.2) is 12.8 Å². The van der Waals surface area contributed by atoms with Gasteiger partial charge in [0.15, 0.2) is 12.4 Å². The molecule has 0 aliphatic carbocycles. The minimum atomic E-state index is 0.928. The lowest BCUT2D eigenvalue weighted by molar-refractivity contribution is -0.697. The smallest absolute Gasteiger partial charge is 0.172 e. The highest BCUT2D eigenvalue weighted by atomic mass is 14.9. The minimum absolute atomic E-state index is 0.928. The zero-order valence-electron chi connectivity index (χ0n) is 21.1. The summed E-state index contributed by atoms with van der Waals surface area (Å²) in [5.41, 5.74) is 6.38. The molecule has 2 rings (SSSR count). The number of aliphatic imine (C=N–C) groups is 1. The van der Waals surface area contributed by atoms with E-state index in [-0.39, 0.29) is 0 Å². The summed E-state index contributed by atoms with van der Waals surface area (Å²) in [6.45, 7) is 10.9. The van der Waals surface area contributed by atoms with Crippen LogP contribution >= 0.6 is 0 Å². The largest absolute Gasteiger partial charge is 0.293 e. The molecular weight excluding hydrogens is 388 g/mol. The van der Waals surface area contributed by atoms with Crippen molar-refractivity contribution in [3.05, 3.63) is 59.4 Å². The zero-order valence-corrected chi connectivity index (χ0v) is 21.1. The van der Waals surface area contributed by atoms with E-state index in [0.717, 1.165) is 13.1 Å². The van der Waals surface area contributed by atoms with Crippen LogP contribution in [0.3, 0.4) is 0 Å². The summed E-state index contributed by atoms with van der Waals surface area (Å²) in [5, 5.41) is 0. The van der Waals surface area contributed by atoms with Gasteiger partial charge in [-0.3, -0.25) is 4.99 Å². The number of hydrogen-bond acceptors (Lipinski definition) is 1. The molecule has 2 nitrogen and oxygen atoms in total. The number of rotatable bonds is 15. The molecule has 32 heavy (non-hydrogen) atoms. The second kappa shape index (κ2) is 15.6. The summed E-state index contributed by atoms with van der Waals surface area (Å²) in [6, 6.07) is 9.05. The molecule has 0 spiro atoms. The van der Waals surface area contributed by atoms with Gasteiger partial charge in [0, 0.05) is 30.8 Å². The van der Waals surface area contributed by atoms with Gasteiger partial charge in [-0.1, -0.05) is 83.1 Å². The lowest BCUT2D eigenvalue weighted by atomic mass is 9.97. The molecule has 1 aromatic heterocycles. The highest BCUT2D eigenvalue weighted by Crippen LogP contribution is 2.25. The predicted molar refractivity (Wildman–Crippen MR) is 141 cm³/mol. The summed E-state index contributed by atoms with van der Waals surface area (Å²) in [6.07, 6.45) is 24.0. The maximum absolute atomic E-state index is 4.70. The third-order valence-electron chi connectivity index (χ3n) is 6.10. The molecule has 174 valence electrons. The number of hydrogen-bond donors (Lipinski definition) is 0. The molecule has 0 radical (unpaired) electrons. The molecule has 0 fully saturated rings. The van der Waals surface area contributed by atoms with Crippen molar-refractivity contribution >= 4 is 12.3 Å². The maximum Gasteiger partial charge on any atom is 0.172 e. The number of allylic oxidation sites excluding steroid dienone is 1. The third kappa shape index (κ3) is 9.10. The van der Waals surface area contributed by atoms with E-state index >= 15 is 0 Å². The number of aryl methyl sites for hydroxylation is 2. The Morgan fingerprint density at radius 2 is 1.56 bits per heavy atom. The van der Waals surface area contributed by atoms with Crippen LogP contribution in [0.5, 0.6) is 0 Å². The average Bonchev–Trinajstić information content (AvgIpc) is 2.79. The van der Waals surface area contributed by atoms with Crippen LogP contribution in [0.1, 0.15) is 102 Å². The van der Waals surface area contributed by atoms with E-state index < -0.39 is 0 Å². The summed E-state index contributed by atoms with van der Waals surface area (Å²) in [5.74, 6) is 0. The lowest BCUT2D eigenvalue weighted by Gasteiger charge is -2.09. The molecule has 0 unspecified atom stereocenters. The van der Waals surface area contributed by atoms with E-state index in [1.165, 1.54) is 92.0 Å². The molecule has 2 aromatic rings. The third-order valence-corrected chi connectivity index (χ3v) is 6.10. The zero-order chi connectivity index (χ0) is 23.0. The van der Waals surface area contributed by atoms with Gasteiger partial charge in [-0.15, -0.1) is 0 Å². The highest BCUT2D eigenvalue weighted by Gasteiger charge is 2.09. The molecule has 0 aliphatic rings. The van der Waals surface area contributed by atoms with E-state index in [1.54, 1.807) is 0 Å². The van der Waals surface area contributed by atoms with Crippen LogP contribution in [-0.2, 0) is 6.54 Å². The second-order valence-electron chi connectivity index (χ2n) is 8.99. The molecule has 0 amide bonds. The van der Waals surface area contributed by atoms with Crippen LogP contribution in [0.4, 0.5) is 0 Å². The van der Waals surface area contributed by atoms with E-state index in [1.807, 2.05) is 0 Å². The van der Waals surface area contributed by atoms with Crippen molar-refractivity contribution < 1.29 is 4.57 Å². The SMILES string of the molecule is C/C=C\c1cc(-c2cc[n+](CCCCCCC)cc2C)ccc1/C=N/CCCCCCC. The van der Waals surface area contributed by atoms with E-state index in [0.29, 0.717) is 0 Å². The highest BCUT2D eigenvalue weighted by molar-refractivity contribution is 5.87. The molecule has 0 aliphatic heterocycles. The van der Waals surface area contributed by atoms with E-state index in [4.69, 9.17) is 4.99 Å². The van der Waals surface area contributed by atoms with Crippen molar-refractivity contribution in [2.24, 2.45) is 4.99 Å². The lowest BCUT2D eigenvalue weighted by Crippen LogP contribution is -2.33. The van der Waals surface area contributed by atoms with Gasteiger partial charge in [-0.25, -0.2) is 4.57 Å². The maximum atomic E-state index is 4.70. The number of benzene rings is 1. The molecule has 2 heteroatoms. The first-order chi connectivity index (χ1) is 15.7. The first-order valence-electron chi connectivity index (χ1n) is 13.0. The van der Waals surface area contributed by atoms with Crippen molar-refractivity contribution in [2.75, 3.05) is 6.54 Å². The molecule has 0 atom stereocenters. The topological polar surface area (TPSA) is 16.2 Å². The molecule has 0 saturated heterocycles. The van der Waals surface area contributed by atoms with Gasteiger partial charge in [-0.2, -0.15) is 0 Å². The van der Waals surface area contributed by atoms with Crippen LogP contribution in [0.2, 0.25) is 0 Å². The molecule has 1 aromatic carbocycles. The van der Waals surface area contributed by atoms with Gasteiger partial charge in [0.25, 0.3) is 0 Å². The molecular formula is C30H45N2+. The monoisotopic (exact) mass is 433 g/mol. The Hall–Kier alpha value is -2.22. The van der Waals surface area contributed by atoms with Crippen LogP contribution in [0.15, 0.2) is 47.7 Å². The summed E-state index contributed by atoms with van der Waals surface area (Å²) < 4.78 is 2.35. The first-order valence-corrected chi connectivity index (χ1v) is 13.0. The molecule has 0 bridgehead atoms. The summed E-state index contributed by atoms with van der Waals surface area (Å²) in [7, 11) is 0. The Bertz CT molecular complexity index is 848. The van der Waals surface area contributed by atoms with Gasteiger partial charge in [-0.05, 0) is 55.0 Å². The average molecular weight is 434 g/mol. The van der Waals surface area contributed by atoms with Crippen LogP contribution < -0.4 is 4.57 Å². The summed E-state index contributed by atoms with van der Waals surface area (Å²) >= 11 is 0. The van der Waals surface area contributed by atoms with Gasteiger partial charge < -0.3 is 0 Å². The van der Waals surface area contributed by atoms with Gasteiger partial charge in [0.2, 0.25) is 0 Å². The fourth-order valence-corrected chi connectivity index (χ4v) is 4.18. The van der Waals surface area contributed by atoms with Gasteiger partial charge in [0.05, 0.1) is 0 Å². The van der Waals surface area contributed by atoms with E-state index in [2.05, 4.69) is 87.3 Å². The van der Waals surface area contributed by atoms with Crippen molar-refractivity contribution in [3.63, 3.8) is 0 Å². The number of nitrogens with zero attached hydrogens (tertiary/aromatic N) is 2. The van der Waals surface area contributed by atoms with E-state index in [9.17, 15) is 0 Å². The van der Waals surface area contributed by atoms with Crippen molar-refractivity contribution in [3.8, 4) is 11.1 Å². The quantitative estimate of drug-likeness (QED) is 0.152. The van der Waals surface area contributed by atoms with Crippen LogP contribution in [0, 0.1) is 6.92 Å². The Kier molecular flexibility index (Phi) is 12.7. The first kappa shape index (κ1) is 26.0. The minimum Gasteiger partial charge on any atom is -0.293 e. The Morgan fingerprint density at radius 3 is 2.25 bits per heavy atom. The van der Waals surface area contributed by atoms with Crippen molar-refractivity contribution in [1.29, 1.82) is 0 Å². The Labute approximate surface area is 197 Å². The van der Waals surface area contributed by atoms with Crippen molar-refractivity contribution in [1.82, 2.24) is 0 Å². The second-order valence-corrected chi connectivity index (χ2v) is 8.99. The molecule has 0 saturated carbocycles. The van der Waals surface area contributed by atoms with Gasteiger partial charge in [0.1, 0.15) is 6.54 Å². The fourth-order valence-electron chi connectivity index (χ4n) is 4.18. The Morgan fingerprint density at radius 1 is 0.844 bits per heavy atom. The fraction of sp³-hybridized carbons (Fsp3) is 0.533. The standard InChI is InChI=1S/C30H45N2/c1-5-8-10-12-14-20-31-24-29-18-17-28(23-27(29)16-7-3)30-19-22-32(25-26(30)4)21-15-13-11-9-6-2/h7,16-19,22-25H,5-6,8-15,20-21H2,1-4H3/q+1/b16-7-,31-24+. The van der Waals surface area contributed by atoms with Crippen LogP contribution in [0.25, 0.3) is 17.2 Å². The summed E-state index contributed by atoms with van der Waals surface area (Å²) in [4.78, 5) is 4.70. The van der Waals surface area contributed by atoms with Gasteiger partial charge >= 0.3 is 0 Å².